The van der Waals surface area contributed by atoms with Gasteiger partial charge < -0.3 is 9.29 Å². The summed E-state index contributed by atoms with van der Waals surface area (Å²) in [5.74, 6) is -0.197. The quantitative estimate of drug-likeness (QED) is 0.312. The third-order valence-electron chi connectivity index (χ3n) is 4.38. The molecule has 0 aliphatic carbocycles. The van der Waals surface area contributed by atoms with E-state index in [1.54, 1.807) is 30.3 Å². The molecule has 0 spiro atoms. The molecule has 0 unspecified atom stereocenters. The van der Waals surface area contributed by atoms with Gasteiger partial charge in [-0.05, 0) is 70.1 Å². The number of hydrogen-bond donors (Lipinski definition) is 1. The summed E-state index contributed by atoms with van der Waals surface area (Å²) < 4.78 is 62.3. The number of nitrogens with zero attached hydrogens (tertiary/aromatic N) is 2. The number of fused-ring (bicyclic) bond motifs is 2. The van der Waals surface area contributed by atoms with Crippen LogP contribution in [0.3, 0.4) is 0 Å². The largest absolute Gasteiger partial charge is 0.534 e. The van der Waals surface area contributed by atoms with E-state index in [2.05, 4.69) is 10.3 Å². The van der Waals surface area contributed by atoms with Crippen molar-refractivity contribution in [2.24, 2.45) is 0 Å². The number of rotatable bonds is 2. The summed E-state index contributed by atoms with van der Waals surface area (Å²) in [6.07, 6.45) is 0. The van der Waals surface area contributed by atoms with Crippen LogP contribution >= 0.6 is 0 Å². The van der Waals surface area contributed by atoms with Crippen molar-refractivity contribution in [1.82, 2.24) is 0 Å². The zero-order valence-electron chi connectivity index (χ0n) is 16.5. The Kier molecular flexibility index (Phi) is 6.43. The van der Waals surface area contributed by atoms with Gasteiger partial charge in [-0.2, -0.15) is 32.1 Å². The Bertz CT molecular complexity index is 1540. The standard InChI is InChI=1S/C12H6F3NO3S.C11H7NO/c13-12(14,15)20(17,18)19-11-4-3-9-5-8(7-16)1-2-10(9)6-11;12-7-8-1-2-10-6-11(13)4-3-9(10)5-8/h1-6H;1-6,13H. The monoisotopic (exact) mass is 470 g/mol. The van der Waals surface area contributed by atoms with Crippen LogP contribution in [0.1, 0.15) is 11.1 Å². The van der Waals surface area contributed by atoms with E-state index in [0.29, 0.717) is 21.9 Å². The van der Waals surface area contributed by atoms with Crippen molar-refractivity contribution in [2.75, 3.05) is 0 Å². The van der Waals surface area contributed by atoms with Crippen molar-refractivity contribution in [2.45, 2.75) is 5.51 Å². The minimum atomic E-state index is -5.68. The minimum Gasteiger partial charge on any atom is -0.508 e. The topological polar surface area (TPSA) is 111 Å². The predicted molar refractivity (Wildman–Crippen MR) is 115 cm³/mol. The Morgan fingerprint density at radius 1 is 0.727 bits per heavy atom. The van der Waals surface area contributed by atoms with Crippen LogP contribution in [-0.4, -0.2) is 19.0 Å². The molecule has 0 heterocycles. The fourth-order valence-corrected chi connectivity index (χ4v) is 3.27. The molecule has 1 N–H and O–H groups in total. The maximum Gasteiger partial charge on any atom is 0.534 e. The van der Waals surface area contributed by atoms with Gasteiger partial charge in [-0.1, -0.05) is 24.3 Å². The van der Waals surface area contributed by atoms with Crippen molar-refractivity contribution in [3.05, 3.63) is 83.9 Å². The minimum absolute atomic E-state index is 0.247. The maximum absolute atomic E-state index is 12.2. The van der Waals surface area contributed by atoms with Gasteiger partial charge in [0.05, 0.1) is 23.3 Å². The number of phenols is 1. The molecular formula is C23H13F3N2O4S. The number of benzene rings is 4. The predicted octanol–water partition coefficient (Wildman–Crippen LogP) is 5.36. The number of phenolic OH excluding ortho intramolecular Hbond substituents is 1. The summed E-state index contributed by atoms with van der Waals surface area (Å²) in [6, 6.07) is 22.5. The van der Waals surface area contributed by atoms with Crippen molar-refractivity contribution >= 4 is 31.7 Å². The van der Waals surface area contributed by atoms with Gasteiger partial charge in [0.1, 0.15) is 11.5 Å². The van der Waals surface area contributed by atoms with Gasteiger partial charge in [-0.3, -0.25) is 0 Å². The highest BCUT2D eigenvalue weighted by molar-refractivity contribution is 7.88. The van der Waals surface area contributed by atoms with Crippen molar-refractivity contribution in [1.29, 1.82) is 10.5 Å². The molecule has 4 rings (SSSR count). The second-order valence-corrected chi connectivity index (χ2v) is 8.21. The third-order valence-corrected chi connectivity index (χ3v) is 5.36. The molecule has 0 atom stereocenters. The lowest BCUT2D eigenvalue weighted by Gasteiger charge is -2.09. The van der Waals surface area contributed by atoms with Crippen molar-refractivity contribution in [3.8, 4) is 23.6 Å². The van der Waals surface area contributed by atoms with Gasteiger partial charge in [0.15, 0.2) is 0 Å². The smallest absolute Gasteiger partial charge is 0.508 e. The average Bonchev–Trinajstić information content (AvgIpc) is 2.77. The number of aromatic hydroxyl groups is 1. The van der Waals surface area contributed by atoms with Crippen LogP contribution in [0.2, 0.25) is 0 Å². The highest BCUT2D eigenvalue weighted by Crippen LogP contribution is 2.29. The number of halogens is 3. The van der Waals surface area contributed by atoms with E-state index in [9.17, 15) is 26.7 Å². The molecule has 0 bridgehead atoms. The first-order chi connectivity index (χ1) is 15.5. The van der Waals surface area contributed by atoms with Gasteiger partial charge in [-0.15, -0.1) is 0 Å². The van der Waals surface area contributed by atoms with Gasteiger partial charge in [0, 0.05) is 0 Å². The van der Waals surface area contributed by atoms with Crippen LogP contribution in [-0.2, 0) is 10.1 Å². The first-order valence-corrected chi connectivity index (χ1v) is 10.5. The van der Waals surface area contributed by atoms with Crippen LogP contribution in [0, 0.1) is 22.7 Å². The molecule has 166 valence electrons. The molecule has 0 saturated carbocycles. The van der Waals surface area contributed by atoms with Gasteiger partial charge in [-0.25, -0.2) is 0 Å². The molecule has 6 nitrogen and oxygen atoms in total. The van der Waals surface area contributed by atoms with Crippen LogP contribution in [0.4, 0.5) is 13.2 Å². The normalized spacial score (nSPS) is 11.2. The molecule has 0 radical (unpaired) electrons. The fraction of sp³-hybridized carbons (Fsp3) is 0.0435. The molecule has 0 aliphatic heterocycles. The van der Waals surface area contributed by atoms with Crippen LogP contribution in [0.25, 0.3) is 21.5 Å². The summed E-state index contributed by atoms with van der Waals surface area (Å²) in [5, 5.41) is 29.5. The number of nitriles is 2. The molecule has 4 aromatic rings. The Hall–Kier alpha value is -4.28. The fourth-order valence-electron chi connectivity index (χ4n) is 2.82. The molecule has 0 saturated heterocycles. The zero-order valence-corrected chi connectivity index (χ0v) is 17.4. The van der Waals surface area contributed by atoms with E-state index in [4.69, 9.17) is 10.5 Å². The van der Waals surface area contributed by atoms with E-state index in [1.165, 1.54) is 24.3 Å². The Balaban J connectivity index is 0.000000203. The lowest BCUT2D eigenvalue weighted by atomic mass is 10.1. The van der Waals surface area contributed by atoms with Gasteiger partial charge in [0.25, 0.3) is 0 Å². The first kappa shape index (κ1) is 23.4. The zero-order chi connectivity index (χ0) is 24.2. The summed E-state index contributed by atoms with van der Waals surface area (Å²) in [6.45, 7) is 0. The van der Waals surface area contributed by atoms with E-state index in [1.807, 2.05) is 12.1 Å². The molecule has 0 amide bonds. The summed E-state index contributed by atoms with van der Waals surface area (Å²) in [7, 11) is -5.68. The molecular weight excluding hydrogens is 457 g/mol. The summed E-state index contributed by atoms with van der Waals surface area (Å²) >= 11 is 0. The molecule has 0 fully saturated rings. The SMILES string of the molecule is N#Cc1ccc2cc(O)ccc2c1.N#Cc1ccc2cc(OS(=O)(=O)C(F)(F)F)ccc2c1. The molecule has 10 heteroatoms. The highest BCUT2D eigenvalue weighted by Gasteiger charge is 2.48. The van der Waals surface area contributed by atoms with Crippen LogP contribution < -0.4 is 4.18 Å². The maximum atomic E-state index is 12.2. The highest BCUT2D eigenvalue weighted by atomic mass is 32.2. The lowest BCUT2D eigenvalue weighted by Crippen LogP contribution is -2.28. The van der Waals surface area contributed by atoms with E-state index >= 15 is 0 Å². The Morgan fingerprint density at radius 2 is 1.18 bits per heavy atom. The Morgan fingerprint density at radius 3 is 1.70 bits per heavy atom. The van der Waals surface area contributed by atoms with E-state index in [-0.39, 0.29) is 5.75 Å². The van der Waals surface area contributed by atoms with E-state index in [0.717, 1.165) is 22.9 Å². The Labute approximate surface area is 186 Å². The molecule has 4 aromatic carbocycles. The summed E-state index contributed by atoms with van der Waals surface area (Å²) in [5.41, 5.74) is -4.46. The van der Waals surface area contributed by atoms with E-state index < -0.39 is 21.4 Å². The second kappa shape index (κ2) is 9.07. The van der Waals surface area contributed by atoms with Gasteiger partial charge >= 0.3 is 15.6 Å². The molecule has 0 aromatic heterocycles. The number of alkyl halides is 3. The summed E-state index contributed by atoms with van der Waals surface area (Å²) in [4.78, 5) is 0. The van der Waals surface area contributed by atoms with Crippen LogP contribution in [0.5, 0.6) is 11.5 Å². The van der Waals surface area contributed by atoms with Crippen molar-refractivity contribution in [3.63, 3.8) is 0 Å². The first-order valence-electron chi connectivity index (χ1n) is 9.10. The van der Waals surface area contributed by atoms with Gasteiger partial charge in [0.2, 0.25) is 0 Å². The second-order valence-electron chi connectivity index (χ2n) is 6.68. The average molecular weight is 470 g/mol. The third kappa shape index (κ3) is 5.50. The molecule has 33 heavy (non-hydrogen) atoms. The van der Waals surface area contributed by atoms with Crippen molar-refractivity contribution < 1.29 is 30.9 Å². The number of hydrogen-bond acceptors (Lipinski definition) is 6. The lowest BCUT2D eigenvalue weighted by molar-refractivity contribution is -0.0500. The molecule has 0 aliphatic rings. The van der Waals surface area contributed by atoms with Crippen LogP contribution in [0.15, 0.2) is 72.8 Å².